The first kappa shape index (κ1) is 16.5. The van der Waals surface area contributed by atoms with E-state index in [0.717, 1.165) is 45.7 Å². The van der Waals surface area contributed by atoms with Crippen LogP contribution in [0.2, 0.25) is 0 Å². The Labute approximate surface area is 156 Å². The lowest BCUT2D eigenvalue weighted by Crippen LogP contribution is -2.10. The summed E-state index contributed by atoms with van der Waals surface area (Å²) in [5.41, 5.74) is 4.34. The first-order valence-electron chi connectivity index (χ1n) is 8.47. The van der Waals surface area contributed by atoms with Crippen LogP contribution in [0.4, 0.5) is 10.8 Å². The first-order chi connectivity index (χ1) is 12.7. The molecule has 0 spiro atoms. The molecule has 7 heteroatoms. The van der Waals surface area contributed by atoms with Crippen LogP contribution in [0.15, 0.2) is 54.9 Å². The van der Waals surface area contributed by atoms with Gasteiger partial charge >= 0.3 is 0 Å². The predicted octanol–water partition coefficient (Wildman–Crippen LogP) is 3.57. The number of pyridine rings is 1. The summed E-state index contributed by atoms with van der Waals surface area (Å²) in [6, 6.07) is 14.3. The summed E-state index contributed by atoms with van der Waals surface area (Å²) >= 11 is 1.56. The SMILES string of the molecule is CN(C)c1ccccc1-c1cnc2sc(NCCc3ccccn3)nn12. The fraction of sp³-hybridized carbons (Fsp3) is 0.211. The van der Waals surface area contributed by atoms with Gasteiger partial charge in [-0.3, -0.25) is 4.98 Å². The fourth-order valence-corrected chi connectivity index (χ4v) is 3.67. The Morgan fingerprint density at radius 2 is 1.92 bits per heavy atom. The van der Waals surface area contributed by atoms with E-state index in [9.17, 15) is 0 Å². The van der Waals surface area contributed by atoms with E-state index in [1.54, 1.807) is 11.3 Å². The molecule has 132 valence electrons. The van der Waals surface area contributed by atoms with Crippen molar-refractivity contribution in [1.82, 2.24) is 19.6 Å². The van der Waals surface area contributed by atoms with E-state index in [1.165, 1.54) is 0 Å². The van der Waals surface area contributed by atoms with Crippen LogP contribution in [0.3, 0.4) is 0 Å². The summed E-state index contributed by atoms with van der Waals surface area (Å²) in [6.07, 6.45) is 4.57. The van der Waals surface area contributed by atoms with Crippen molar-refractivity contribution in [2.24, 2.45) is 0 Å². The molecule has 0 saturated heterocycles. The van der Waals surface area contributed by atoms with Crippen molar-refractivity contribution in [3.05, 3.63) is 60.6 Å². The van der Waals surface area contributed by atoms with Crippen molar-refractivity contribution < 1.29 is 0 Å². The molecule has 0 aliphatic heterocycles. The summed E-state index contributed by atoms with van der Waals surface area (Å²) in [5.74, 6) is 0. The van der Waals surface area contributed by atoms with Gasteiger partial charge in [0.15, 0.2) is 0 Å². The number of nitrogens with one attached hydrogen (secondary N) is 1. The van der Waals surface area contributed by atoms with Gasteiger partial charge in [-0.05, 0) is 18.2 Å². The number of hydrogen-bond donors (Lipinski definition) is 1. The van der Waals surface area contributed by atoms with E-state index in [1.807, 2.05) is 61.3 Å². The first-order valence-corrected chi connectivity index (χ1v) is 9.29. The Morgan fingerprint density at radius 1 is 1.08 bits per heavy atom. The van der Waals surface area contributed by atoms with Gasteiger partial charge in [0.25, 0.3) is 0 Å². The molecule has 6 nitrogen and oxygen atoms in total. The molecule has 4 aromatic rings. The molecule has 0 atom stereocenters. The quantitative estimate of drug-likeness (QED) is 0.567. The minimum Gasteiger partial charge on any atom is -0.377 e. The average molecular weight is 364 g/mol. The van der Waals surface area contributed by atoms with Crippen LogP contribution in [0.1, 0.15) is 5.69 Å². The van der Waals surface area contributed by atoms with Gasteiger partial charge in [-0.25, -0.2) is 9.50 Å². The van der Waals surface area contributed by atoms with Gasteiger partial charge in [-0.2, -0.15) is 0 Å². The molecular formula is C19H20N6S. The van der Waals surface area contributed by atoms with Crippen molar-refractivity contribution in [3.8, 4) is 11.3 Å². The van der Waals surface area contributed by atoms with E-state index in [0.29, 0.717) is 0 Å². The van der Waals surface area contributed by atoms with Gasteiger partial charge in [0.2, 0.25) is 10.1 Å². The molecule has 4 rings (SSSR count). The van der Waals surface area contributed by atoms with Crippen LogP contribution in [0.25, 0.3) is 16.2 Å². The second-order valence-corrected chi connectivity index (χ2v) is 7.11. The van der Waals surface area contributed by atoms with Crippen LogP contribution in [-0.4, -0.2) is 40.2 Å². The van der Waals surface area contributed by atoms with Gasteiger partial charge in [0.05, 0.1) is 11.9 Å². The lowest BCUT2D eigenvalue weighted by atomic mass is 10.1. The highest BCUT2D eigenvalue weighted by atomic mass is 32.1. The van der Waals surface area contributed by atoms with Crippen molar-refractivity contribution in [2.45, 2.75) is 6.42 Å². The minimum absolute atomic E-state index is 0.789. The highest BCUT2D eigenvalue weighted by molar-refractivity contribution is 7.20. The molecule has 3 heterocycles. The minimum atomic E-state index is 0.789. The number of aromatic nitrogens is 4. The maximum Gasteiger partial charge on any atom is 0.214 e. The number of imidazole rings is 1. The van der Waals surface area contributed by atoms with Crippen LogP contribution >= 0.6 is 11.3 Å². The molecule has 0 radical (unpaired) electrons. The van der Waals surface area contributed by atoms with Crippen LogP contribution in [-0.2, 0) is 6.42 Å². The van der Waals surface area contributed by atoms with Crippen LogP contribution in [0.5, 0.6) is 0 Å². The van der Waals surface area contributed by atoms with Crippen molar-refractivity contribution >= 4 is 27.1 Å². The third-order valence-corrected chi connectivity index (χ3v) is 5.01. The van der Waals surface area contributed by atoms with Crippen LogP contribution in [0, 0.1) is 0 Å². The molecule has 3 aromatic heterocycles. The normalized spacial score (nSPS) is 11.0. The maximum absolute atomic E-state index is 4.70. The molecule has 1 N–H and O–H groups in total. The second kappa shape index (κ2) is 7.13. The zero-order chi connectivity index (χ0) is 17.9. The number of benzene rings is 1. The van der Waals surface area contributed by atoms with Gasteiger partial charge in [0, 0.05) is 50.2 Å². The van der Waals surface area contributed by atoms with Crippen molar-refractivity contribution in [1.29, 1.82) is 0 Å². The predicted molar refractivity (Wildman–Crippen MR) is 107 cm³/mol. The van der Waals surface area contributed by atoms with Gasteiger partial charge < -0.3 is 10.2 Å². The Bertz CT molecular complexity index is 1010. The molecule has 0 fully saturated rings. The standard InChI is InChI=1S/C19H20N6S/c1-24(2)16-9-4-3-8-15(16)17-13-22-19-25(17)23-18(26-19)21-12-10-14-7-5-6-11-20-14/h3-9,11,13H,10,12H2,1-2H3,(H,21,23). The molecule has 1 aromatic carbocycles. The van der Waals surface area contributed by atoms with E-state index in [-0.39, 0.29) is 0 Å². The smallest absolute Gasteiger partial charge is 0.214 e. The third-order valence-electron chi connectivity index (χ3n) is 4.13. The largest absolute Gasteiger partial charge is 0.377 e. The molecule has 0 saturated carbocycles. The monoisotopic (exact) mass is 364 g/mol. The lowest BCUT2D eigenvalue weighted by Gasteiger charge is -2.16. The number of fused-ring (bicyclic) bond motifs is 1. The van der Waals surface area contributed by atoms with Gasteiger partial charge in [-0.15, -0.1) is 5.10 Å². The topological polar surface area (TPSA) is 58.4 Å². The Hall–Kier alpha value is -2.93. The lowest BCUT2D eigenvalue weighted by molar-refractivity contribution is 0.931. The average Bonchev–Trinajstić information content (AvgIpc) is 3.23. The Balaban J connectivity index is 1.56. The zero-order valence-corrected chi connectivity index (χ0v) is 15.6. The fourth-order valence-electron chi connectivity index (χ4n) is 2.87. The number of rotatable bonds is 6. The molecule has 0 aliphatic rings. The number of anilines is 2. The zero-order valence-electron chi connectivity index (χ0n) is 14.8. The summed E-state index contributed by atoms with van der Waals surface area (Å²) in [4.78, 5) is 11.9. The number of hydrogen-bond acceptors (Lipinski definition) is 6. The number of nitrogens with zero attached hydrogens (tertiary/aromatic N) is 5. The maximum atomic E-state index is 4.70. The van der Waals surface area contributed by atoms with E-state index >= 15 is 0 Å². The highest BCUT2D eigenvalue weighted by Gasteiger charge is 2.14. The summed E-state index contributed by atoms with van der Waals surface area (Å²) in [6.45, 7) is 0.789. The van der Waals surface area contributed by atoms with E-state index < -0.39 is 0 Å². The van der Waals surface area contributed by atoms with Crippen molar-refractivity contribution in [2.75, 3.05) is 30.9 Å². The van der Waals surface area contributed by atoms with Crippen molar-refractivity contribution in [3.63, 3.8) is 0 Å². The molecule has 0 unspecified atom stereocenters. The molecule has 0 bridgehead atoms. The highest BCUT2D eigenvalue weighted by Crippen LogP contribution is 2.31. The summed E-state index contributed by atoms with van der Waals surface area (Å²) in [7, 11) is 4.09. The summed E-state index contributed by atoms with van der Waals surface area (Å²) in [5, 5.41) is 8.95. The van der Waals surface area contributed by atoms with E-state index in [2.05, 4.69) is 32.3 Å². The number of para-hydroxylation sites is 1. The molecule has 26 heavy (non-hydrogen) atoms. The summed E-state index contributed by atoms with van der Waals surface area (Å²) < 4.78 is 1.91. The Morgan fingerprint density at radius 3 is 2.73 bits per heavy atom. The van der Waals surface area contributed by atoms with Crippen LogP contribution < -0.4 is 10.2 Å². The molecular weight excluding hydrogens is 344 g/mol. The second-order valence-electron chi connectivity index (χ2n) is 6.15. The molecule has 0 amide bonds. The van der Waals surface area contributed by atoms with Gasteiger partial charge in [0.1, 0.15) is 0 Å². The molecule has 0 aliphatic carbocycles. The van der Waals surface area contributed by atoms with E-state index in [4.69, 9.17) is 5.10 Å². The Kier molecular flexibility index (Phi) is 4.53. The third kappa shape index (κ3) is 3.25. The van der Waals surface area contributed by atoms with Gasteiger partial charge in [-0.1, -0.05) is 35.6 Å².